The molecule has 3 aromatic heterocycles. The number of carbonyl (C=O) groups excluding carboxylic acids is 2. The van der Waals surface area contributed by atoms with Gasteiger partial charge in [0.15, 0.2) is 11.4 Å². The van der Waals surface area contributed by atoms with Gasteiger partial charge in [0.1, 0.15) is 18.0 Å². The second kappa shape index (κ2) is 12.0. The van der Waals surface area contributed by atoms with Crippen molar-refractivity contribution in [3.63, 3.8) is 0 Å². The van der Waals surface area contributed by atoms with Crippen LogP contribution in [0.15, 0.2) is 40.0 Å². The second-order valence-corrected chi connectivity index (χ2v) is 10.8. The molecule has 0 spiro atoms. The van der Waals surface area contributed by atoms with Crippen LogP contribution in [0.1, 0.15) is 28.7 Å². The summed E-state index contributed by atoms with van der Waals surface area (Å²) in [5.41, 5.74) is -1.81. The molecule has 0 radical (unpaired) electrons. The first-order chi connectivity index (χ1) is 20.8. The van der Waals surface area contributed by atoms with Crippen molar-refractivity contribution in [1.82, 2.24) is 29.0 Å². The lowest BCUT2D eigenvalue weighted by Gasteiger charge is -2.36. The highest BCUT2D eigenvalue weighted by Gasteiger charge is 2.32. The highest BCUT2D eigenvalue weighted by Crippen LogP contribution is 2.31. The molecule has 4 heterocycles. The molecular weight excluding hydrogens is 680 g/mol. The fraction of sp³-hybridized carbons (Fsp3) is 0.308. The fourth-order valence-corrected chi connectivity index (χ4v) is 5.36. The van der Waals surface area contributed by atoms with Crippen LogP contribution in [0.5, 0.6) is 5.75 Å². The zero-order valence-corrected chi connectivity index (χ0v) is 25.0. The van der Waals surface area contributed by atoms with Gasteiger partial charge in [0.25, 0.3) is 11.5 Å². The molecule has 5 rings (SSSR count). The van der Waals surface area contributed by atoms with E-state index in [1.54, 1.807) is 11.8 Å². The summed E-state index contributed by atoms with van der Waals surface area (Å²) >= 11 is 9.05. The normalized spacial score (nSPS) is 13.9. The summed E-state index contributed by atoms with van der Waals surface area (Å²) < 4.78 is 55.7. The predicted molar refractivity (Wildman–Crippen MR) is 153 cm³/mol. The van der Waals surface area contributed by atoms with Crippen LogP contribution in [0.3, 0.4) is 0 Å². The highest BCUT2D eigenvalue weighted by molar-refractivity contribution is 9.10. The van der Waals surface area contributed by atoms with Crippen LogP contribution in [0, 0.1) is 5.82 Å². The smallest absolute Gasteiger partial charge is 0.416 e. The number of aromatic hydroxyl groups is 1. The monoisotopic (exact) mass is 700 g/mol. The first kappa shape index (κ1) is 31.2. The Morgan fingerprint density at radius 1 is 1.16 bits per heavy atom. The first-order valence-corrected chi connectivity index (χ1v) is 14.2. The van der Waals surface area contributed by atoms with Crippen molar-refractivity contribution in [2.75, 3.05) is 36.4 Å². The van der Waals surface area contributed by atoms with E-state index in [1.807, 2.05) is 0 Å². The van der Waals surface area contributed by atoms with Crippen LogP contribution < -0.4 is 15.8 Å². The van der Waals surface area contributed by atoms with Gasteiger partial charge in [-0.25, -0.2) is 9.37 Å². The largest absolute Gasteiger partial charge is 0.504 e. The van der Waals surface area contributed by atoms with Crippen molar-refractivity contribution in [3.05, 3.63) is 73.3 Å². The number of hydrogen-bond acceptors (Lipinski definition) is 8. The Labute approximate surface area is 259 Å². The van der Waals surface area contributed by atoms with Crippen molar-refractivity contribution in [2.24, 2.45) is 0 Å². The Balaban J connectivity index is 1.43. The maximum Gasteiger partial charge on any atom is 0.416 e. The number of fused-ring (bicyclic) bond motifs is 1. The number of rotatable bonds is 6. The van der Waals surface area contributed by atoms with Crippen LogP contribution in [-0.2, 0) is 23.9 Å². The van der Waals surface area contributed by atoms with Crippen molar-refractivity contribution in [3.8, 4) is 5.75 Å². The van der Waals surface area contributed by atoms with Crippen LogP contribution in [0.2, 0.25) is 5.02 Å². The highest BCUT2D eigenvalue weighted by atomic mass is 79.9. The fourth-order valence-electron chi connectivity index (χ4n) is 4.90. The molecule has 0 atom stereocenters. The number of pyridine rings is 1. The number of nitrogens with zero attached hydrogens (tertiary/aromatic N) is 7. The maximum atomic E-state index is 14.4. The SMILES string of the molecule is CCc1c(N2CCN(C(=O)c3nccc(Cl)c3O)CC2)c(=O)n2nc(Br)nc2n1CC(=O)Nc1ccc(C(F)(F)F)cc1F. The molecule has 1 saturated heterocycles. The number of hydrogen-bond donors (Lipinski definition) is 2. The minimum atomic E-state index is -4.76. The lowest BCUT2D eigenvalue weighted by Crippen LogP contribution is -2.51. The van der Waals surface area contributed by atoms with Crippen LogP contribution in [-0.4, -0.2) is 72.1 Å². The quantitative estimate of drug-likeness (QED) is 0.290. The molecule has 0 bridgehead atoms. The summed E-state index contributed by atoms with van der Waals surface area (Å²) in [7, 11) is 0. The molecule has 0 unspecified atom stereocenters. The maximum absolute atomic E-state index is 14.4. The van der Waals surface area contributed by atoms with E-state index < -0.39 is 52.9 Å². The van der Waals surface area contributed by atoms with E-state index in [1.165, 1.54) is 21.7 Å². The van der Waals surface area contributed by atoms with Gasteiger partial charge in [-0.1, -0.05) is 18.5 Å². The van der Waals surface area contributed by atoms with Gasteiger partial charge >= 0.3 is 6.18 Å². The standard InChI is InChI=1S/C26H22BrClF4N8O4/c1-2-17-20(37-7-9-38(10-8-37)22(43)19-21(42)14(28)5-6-33-19)23(44)40-25(35-24(27)36-40)39(17)12-18(41)34-16-4-3-13(11-15(16)29)26(30,31)32/h3-6,11,42H,2,7-10,12H2,1H3,(H,34,41). The average Bonchev–Trinajstić information content (AvgIpc) is 3.38. The summed E-state index contributed by atoms with van der Waals surface area (Å²) in [4.78, 5) is 51.0. The Morgan fingerprint density at radius 2 is 1.86 bits per heavy atom. The number of halogens is 6. The summed E-state index contributed by atoms with van der Waals surface area (Å²) in [5.74, 6) is -3.04. The third-order valence-corrected chi connectivity index (χ3v) is 7.61. The van der Waals surface area contributed by atoms with E-state index >= 15 is 0 Å². The zero-order valence-electron chi connectivity index (χ0n) is 22.7. The molecular formula is C26H22BrClF4N8O4. The summed E-state index contributed by atoms with van der Waals surface area (Å²) in [6.45, 7) is 1.96. The van der Waals surface area contributed by atoms with Gasteiger partial charge in [-0.3, -0.25) is 14.4 Å². The molecule has 2 amide bonds. The molecule has 2 N–H and O–H groups in total. The number of amides is 2. The van der Waals surface area contributed by atoms with E-state index in [0.29, 0.717) is 11.8 Å². The van der Waals surface area contributed by atoms with Crippen molar-refractivity contribution >= 4 is 56.5 Å². The third-order valence-electron chi connectivity index (χ3n) is 6.97. The number of anilines is 2. The third kappa shape index (κ3) is 5.93. The van der Waals surface area contributed by atoms with Crippen molar-refractivity contribution < 1.29 is 32.3 Å². The molecule has 0 aliphatic carbocycles. The molecule has 0 saturated carbocycles. The Bertz CT molecular complexity index is 1840. The molecule has 1 aliphatic rings. The molecule has 1 fully saturated rings. The van der Waals surface area contributed by atoms with E-state index in [2.05, 4.69) is 36.3 Å². The van der Waals surface area contributed by atoms with Crippen molar-refractivity contribution in [2.45, 2.75) is 26.1 Å². The summed E-state index contributed by atoms with van der Waals surface area (Å²) in [6.07, 6.45) is -3.22. The van der Waals surface area contributed by atoms with E-state index in [-0.39, 0.29) is 65.6 Å². The van der Waals surface area contributed by atoms with Gasteiger partial charge in [-0.2, -0.15) is 22.7 Å². The van der Waals surface area contributed by atoms with Crippen LogP contribution in [0.25, 0.3) is 5.78 Å². The summed E-state index contributed by atoms with van der Waals surface area (Å²) in [6, 6.07) is 3.10. The molecule has 1 aromatic carbocycles. The Hall–Kier alpha value is -4.25. The average molecular weight is 702 g/mol. The number of nitrogens with one attached hydrogen (secondary N) is 1. The number of alkyl halides is 3. The Kier molecular flexibility index (Phi) is 8.53. The predicted octanol–water partition coefficient (Wildman–Crippen LogP) is 3.73. The minimum absolute atomic E-state index is 0.00170. The van der Waals surface area contributed by atoms with Crippen LogP contribution >= 0.6 is 27.5 Å². The molecule has 232 valence electrons. The van der Waals surface area contributed by atoms with Crippen molar-refractivity contribution in [1.29, 1.82) is 0 Å². The van der Waals surface area contributed by atoms with Gasteiger partial charge in [0.05, 0.1) is 22.0 Å². The molecule has 1 aliphatic heterocycles. The zero-order chi connectivity index (χ0) is 31.9. The molecule has 44 heavy (non-hydrogen) atoms. The second-order valence-electron chi connectivity index (χ2n) is 9.64. The molecule has 12 nitrogen and oxygen atoms in total. The van der Waals surface area contributed by atoms with E-state index in [9.17, 15) is 37.1 Å². The number of aromatic nitrogens is 5. The lowest BCUT2D eigenvalue weighted by atomic mass is 10.2. The number of benzene rings is 1. The van der Waals surface area contributed by atoms with E-state index in [0.717, 1.165) is 10.6 Å². The van der Waals surface area contributed by atoms with Crippen LogP contribution in [0.4, 0.5) is 28.9 Å². The van der Waals surface area contributed by atoms with Gasteiger partial charge in [-0.05, 0) is 46.6 Å². The van der Waals surface area contributed by atoms with Gasteiger partial charge in [0.2, 0.25) is 16.4 Å². The number of carbonyl (C=O) groups is 2. The van der Waals surface area contributed by atoms with E-state index in [4.69, 9.17) is 11.6 Å². The lowest BCUT2D eigenvalue weighted by molar-refractivity contribution is -0.137. The van der Waals surface area contributed by atoms with Gasteiger partial charge in [0, 0.05) is 32.4 Å². The Morgan fingerprint density at radius 3 is 2.50 bits per heavy atom. The molecule has 18 heteroatoms. The summed E-state index contributed by atoms with van der Waals surface area (Å²) in [5, 5.41) is 16.5. The van der Waals surface area contributed by atoms with Gasteiger partial charge < -0.3 is 24.8 Å². The molecule has 4 aromatic rings. The number of piperazine rings is 1. The van der Waals surface area contributed by atoms with Gasteiger partial charge in [-0.15, -0.1) is 5.10 Å². The first-order valence-electron chi connectivity index (χ1n) is 13.0. The minimum Gasteiger partial charge on any atom is -0.504 e. The topological polar surface area (TPSA) is 138 Å².